The second-order valence-electron chi connectivity index (χ2n) is 15.0. The predicted molar refractivity (Wildman–Crippen MR) is 202 cm³/mol. The maximum atomic E-state index is 14.1. The highest BCUT2D eigenvalue weighted by molar-refractivity contribution is 7.90. The third kappa shape index (κ3) is 8.55. The third-order valence-electron chi connectivity index (χ3n) is 11.6. The molecule has 2 aliphatic heterocycles. The molecule has 6 atom stereocenters. The number of allylic oxidation sites excluding steroid dienone is 1. The average molecular weight is 771 g/mol. The van der Waals surface area contributed by atoms with Gasteiger partial charge in [0, 0.05) is 29.1 Å². The Hall–Kier alpha value is -3.61. The summed E-state index contributed by atoms with van der Waals surface area (Å²) in [5.74, 6) is -1.37. The van der Waals surface area contributed by atoms with Gasteiger partial charge in [-0.05, 0) is 118 Å². The number of hydrogen-bond donors (Lipinski definition) is 1. The SMILES string of the molecule is CCOC(=O)CO[C@H]1/C=C/C[C@H](C)[C@@H](C)S(=O)(=O)NC(=O)c2cc3c(cc2CC(=O)OCC)OC[C@]2(CCCc4cc(Cl)ccc42)CN3C[C@@H]2CC[C@H]21. The van der Waals surface area contributed by atoms with Crippen LogP contribution < -0.4 is 14.4 Å². The number of nitrogens with zero attached hydrogens (tertiary/aromatic N) is 1. The summed E-state index contributed by atoms with van der Waals surface area (Å²) in [5, 5.41) is -0.242. The van der Waals surface area contributed by atoms with Gasteiger partial charge in [-0.1, -0.05) is 36.7 Å². The lowest BCUT2D eigenvalue weighted by molar-refractivity contribution is -0.151. The molecule has 0 radical (unpaired) electrons. The fourth-order valence-electron chi connectivity index (χ4n) is 8.35. The van der Waals surface area contributed by atoms with E-state index < -0.39 is 38.5 Å². The van der Waals surface area contributed by atoms with Crippen molar-refractivity contribution in [1.29, 1.82) is 0 Å². The van der Waals surface area contributed by atoms with Gasteiger partial charge in [-0.3, -0.25) is 9.59 Å². The number of halogens is 1. The van der Waals surface area contributed by atoms with Crippen LogP contribution in [0, 0.1) is 17.8 Å². The summed E-state index contributed by atoms with van der Waals surface area (Å²) in [4.78, 5) is 41.6. The van der Waals surface area contributed by atoms with E-state index in [-0.39, 0.29) is 55.7 Å². The van der Waals surface area contributed by atoms with Crippen LogP contribution in [0.3, 0.4) is 0 Å². The van der Waals surface area contributed by atoms with E-state index in [9.17, 15) is 22.8 Å². The Morgan fingerprint density at radius 1 is 1.08 bits per heavy atom. The van der Waals surface area contributed by atoms with Crippen LogP contribution in [0.25, 0.3) is 0 Å². The van der Waals surface area contributed by atoms with Gasteiger partial charge in [0.2, 0.25) is 10.0 Å². The fourth-order valence-corrected chi connectivity index (χ4v) is 9.83. The highest BCUT2D eigenvalue weighted by Crippen LogP contribution is 2.47. The van der Waals surface area contributed by atoms with E-state index in [0.29, 0.717) is 48.1 Å². The topological polar surface area (TPSA) is 138 Å². The molecule has 0 aromatic heterocycles. The molecule has 4 aliphatic rings. The van der Waals surface area contributed by atoms with E-state index in [2.05, 4.69) is 15.7 Å². The van der Waals surface area contributed by atoms with Crippen molar-refractivity contribution >= 4 is 45.2 Å². The van der Waals surface area contributed by atoms with Crippen LogP contribution in [0.4, 0.5) is 5.69 Å². The highest BCUT2D eigenvalue weighted by Gasteiger charge is 2.45. The van der Waals surface area contributed by atoms with E-state index >= 15 is 0 Å². The molecule has 2 aliphatic carbocycles. The van der Waals surface area contributed by atoms with Crippen LogP contribution in [0.5, 0.6) is 5.75 Å². The molecule has 53 heavy (non-hydrogen) atoms. The number of carbonyl (C=O) groups is 3. The molecule has 2 aromatic rings. The quantitative estimate of drug-likeness (QED) is 0.266. The van der Waals surface area contributed by atoms with Crippen molar-refractivity contribution in [2.24, 2.45) is 17.8 Å². The second kappa shape index (κ2) is 16.4. The number of carbonyl (C=O) groups excluding carboxylic acids is 3. The van der Waals surface area contributed by atoms with Gasteiger partial charge >= 0.3 is 11.9 Å². The van der Waals surface area contributed by atoms with Crippen molar-refractivity contribution in [2.45, 2.75) is 89.4 Å². The molecule has 2 heterocycles. The molecule has 1 N–H and O–H groups in total. The molecule has 1 fully saturated rings. The lowest BCUT2D eigenvalue weighted by Gasteiger charge is -2.46. The zero-order valence-electron chi connectivity index (χ0n) is 31.0. The number of aryl methyl sites for hydroxylation is 1. The van der Waals surface area contributed by atoms with Crippen molar-refractivity contribution in [3.05, 3.63) is 69.8 Å². The number of rotatable bonds is 7. The van der Waals surface area contributed by atoms with Crippen LogP contribution in [-0.4, -0.2) is 77.1 Å². The van der Waals surface area contributed by atoms with Crippen LogP contribution in [-0.2, 0) is 52.1 Å². The van der Waals surface area contributed by atoms with Crippen LogP contribution in [0.2, 0.25) is 5.02 Å². The van der Waals surface area contributed by atoms with Gasteiger partial charge in [-0.25, -0.2) is 17.9 Å². The largest absolute Gasteiger partial charge is 0.490 e. The van der Waals surface area contributed by atoms with Gasteiger partial charge in [0.15, 0.2) is 0 Å². The van der Waals surface area contributed by atoms with E-state index in [4.69, 9.17) is 30.5 Å². The molecule has 1 amide bonds. The number of anilines is 1. The average Bonchev–Trinajstić information content (AvgIpc) is 3.24. The fraction of sp³-hybridized carbons (Fsp3) is 0.575. The maximum absolute atomic E-state index is 14.1. The minimum Gasteiger partial charge on any atom is -0.490 e. The molecule has 6 rings (SSSR count). The molecule has 11 nitrogen and oxygen atoms in total. The lowest BCUT2D eigenvalue weighted by atomic mass is 9.68. The minimum atomic E-state index is -4.14. The molecule has 2 bridgehead atoms. The van der Waals surface area contributed by atoms with Gasteiger partial charge in [0.25, 0.3) is 5.91 Å². The van der Waals surface area contributed by atoms with E-state index in [0.717, 1.165) is 32.1 Å². The number of esters is 2. The summed E-state index contributed by atoms with van der Waals surface area (Å²) in [6, 6.07) is 9.43. The van der Waals surface area contributed by atoms with Gasteiger partial charge in [-0.2, -0.15) is 0 Å². The van der Waals surface area contributed by atoms with Crippen LogP contribution >= 0.6 is 11.6 Å². The molecule has 0 unspecified atom stereocenters. The standard InChI is InChI=1S/C40H51ClN2O9S/c1-5-49-37(44)19-29-18-36-34-20-32(29)39(46)42-53(47,48)26(4)25(3)9-7-11-35(51-22-38(45)50-6-2)31-14-12-28(31)21-43(34)23-40(24-52-36)16-8-10-27-17-30(41)13-15-33(27)40/h7,11,13,15,17-18,20,25-26,28,31,35H,5-6,8-10,12,14,16,19,21-24H2,1-4H3,(H,42,46)/b11-7+/t25-,26+,28-,31+,35-,40-/m0/s1. The molecular formula is C40H51ClN2O9S. The molecule has 288 valence electrons. The Morgan fingerprint density at radius 3 is 2.58 bits per heavy atom. The summed E-state index contributed by atoms with van der Waals surface area (Å²) >= 11 is 6.47. The Balaban J connectivity index is 1.47. The molecule has 2 aromatic carbocycles. The van der Waals surface area contributed by atoms with E-state index in [1.807, 2.05) is 31.2 Å². The minimum absolute atomic E-state index is 0.0772. The first-order valence-electron chi connectivity index (χ1n) is 18.8. The van der Waals surface area contributed by atoms with Crippen molar-refractivity contribution in [1.82, 2.24) is 4.72 Å². The number of hydrogen-bond acceptors (Lipinski definition) is 10. The number of ether oxygens (including phenoxy) is 4. The van der Waals surface area contributed by atoms with Crippen molar-refractivity contribution < 1.29 is 41.7 Å². The highest BCUT2D eigenvalue weighted by atomic mass is 35.5. The van der Waals surface area contributed by atoms with Gasteiger partial charge < -0.3 is 23.8 Å². The Morgan fingerprint density at radius 2 is 1.85 bits per heavy atom. The molecule has 0 saturated heterocycles. The Kier molecular flexibility index (Phi) is 12.1. The number of amides is 1. The van der Waals surface area contributed by atoms with Crippen molar-refractivity contribution in [2.75, 3.05) is 44.4 Å². The summed E-state index contributed by atoms with van der Waals surface area (Å²) in [6.45, 7) is 8.63. The van der Waals surface area contributed by atoms with Gasteiger partial charge in [-0.15, -0.1) is 0 Å². The number of sulfonamides is 1. The number of fused-ring (bicyclic) bond motifs is 4. The zero-order valence-corrected chi connectivity index (χ0v) is 32.6. The first kappa shape index (κ1) is 39.1. The first-order valence-corrected chi connectivity index (χ1v) is 20.8. The lowest BCUT2D eigenvalue weighted by Crippen LogP contribution is -2.50. The first-order chi connectivity index (χ1) is 25.3. The third-order valence-corrected chi connectivity index (χ3v) is 13.7. The smallest absolute Gasteiger partial charge is 0.332 e. The maximum Gasteiger partial charge on any atom is 0.332 e. The summed E-state index contributed by atoms with van der Waals surface area (Å²) < 4.78 is 53.0. The monoisotopic (exact) mass is 770 g/mol. The van der Waals surface area contributed by atoms with Gasteiger partial charge in [0.05, 0.1) is 43.3 Å². The Bertz CT molecular complexity index is 1850. The normalized spacial score (nSPS) is 28.6. The van der Waals surface area contributed by atoms with E-state index in [1.165, 1.54) is 11.1 Å². The number of benzene rings is 2. The summed E-state index contributed by atoms with van der Waals surface area (Å²) in [5.41, 5.74) is 3.00. The van der Waals surface area contributed by atoms with Crippen molar-refractivity contribution in [3.8, 4) is 5.75 Å². The Labute approximate surface area is 317 Å². The summed E-state index contributed by atoms with van der Waals surface area (Å²) in [6.07, 6.45) is 8.20. The van der Waals surface area contributed by atoms with Crippen molar-refractivity contribution in [3.63, 3.8) is 0 Å². The predicted octanol–water partition coefficient (Wildman–Crippen LogP) is 5.94. The van der Waals surface area contributed by atoms with Crippen LogP contribution in [0.15, 0.2) is 42.5 Å². The zero-order chi connectivity index (χ0) is 37.9. The molecule has 13 heteroatoms. The summed E-state index contributed by atoms with van der Waals surface area (Å²) in [7, 11) is -4.14. The molecule has 1 spiro atoms. The number of nitrogens with one attached hydrogen (secondary N) is 1. The molecular weight excluding hydrogens is 720 g/mol. The van der Waals surface area contributed by atoms with Crippen LogP contribution in [0.1, 0.15) is 86.8 Å². The van der Waals surface area contributed by atoms with E-state index in [1.54, 1.807) is 32.9 Å². The second-order valence-corrected chi connectivity index (χ2v) is 17.4. The van der Waals surface area contributed by atoms with Gasteiger partial charge in [0.1, 0.15) is 12.4 Å². The molecule has 1 saturated carbocycles.